The Kier molecular flexibility index (Phi) is 3.09. The highest BCUT2D eigenvalue weighted by atomic mass is 32.1. The molecule has 1 amide bonds. The fourth-order valence-corrected chi connectivity index (χ4v) is 2.33. The standard InChI is InChI=1S/C11H8N6O2S/c18-7-4-2-1-3-6(7)11-13-8(5-20-11)12-10(19)9-14-16-17-15-9/h1-5,18H,(H,12,19)(H,14,15,16,17). The van der Waals surface area contributed by atoms with E-state index in [0.717, 1.165) is 0 Å². The van der Waals surface area contributed by atoms with Gasteiger partial charge in [-0.2, -0.15) is 0 Å². The first kappa shape index (κ1) is 12.2. The number of hydrogen-bond donors (Lipinski definition) is 3. The van der Waals surface area contributed by atoms with Gasteiger partial charge in [0.25, 0.3) is 5.91 Å². The first-order chi connectivity index (χ1) is 9.74. The number of benzene rings is 1. The summed E-state index contributed by atoms with van der Waals surface area (Å²) in [6.07, 6.45) is 0. The summed E-state index contributed by atoms with van der Waals surface area (Å²) < 4.78 is 0. The van der Waals surface area contributed by atoms with Gasteiger partial charge in [-0.15, -0.1) is 16.4 Å². The van der Waals surface area contributed by atoms with Crippen LogP contribution >= 0.6 is 11.3 Å². The number of aromatic amines is 1. The first-order valence-electron chi connectivity index (χ1n) is 5.53. The van der Waals surface area contributed by atoms with Crippen LogP contribution in [0, 0.1) is 0 Å². The first-order valence-corrected chi connectivity index (χ1v) is 6.41. The summed E-state index contributed by atoms with van der Waals surface area (Å²) >= 11 is 1.31. The van der Waals surface area contributed by atoms with E-state index in [4.69, 9.17) is 0 Å². The van der Waals surface area contributed by atoms with Crippen molar-refractivity contribution < 1.29 is 9.90 Å². The van der Waals surface area contributed by atoms with E-state index >= 15 is 0 Å². The molecule has 0 aliphatic rings. The van der Waals surface area contributed by atoms with Gasteiger partial charge in [0.15, 0.2) is 0 Å². The number of phenolic OH excluding ortho intramolecular Hbond substituents is 1. The van der Waals surface area contributed by atoms with Gasteiger partial charge in [-0.1, -0.05) is 12.1 Å². The average Bonchev–Trinajstić information content (AvgIpc) is 3.10. The SMILES string of the molecule is O=C(Nc1csc(-c2ccccc2O)n1)c1nnn[nH]1. The number of aromatic nitrogens is 5. The lowest BCUT2D eigenvalue weighted by Crippen LogP contribution is -2.14. The normalized spacial score (nSPS) is 10.4. The van der Waals surface area contributed by atoms with Gasteiger partial charge in [0.05, 0.1) is 5.56 Å². The number of nitrogens with one attached hydrogen (secondary N) is 2. The fourth-order valence-electron chi connectivity index (χ4n) is 1.54. The molecular weight excluding hydrogens is 280 g/mol. The zero-order valence-electron chi connectivity index (χ0n) is 9.94. The van der Waals surface area contributed by atoms with E-state index in [1.807, 2.05) is 0 Å². The van der Waals surface area contributed by atoms with E-state index in [0.29, 0.717) is 16.4 Å². The molecule has 0 atom stereocenters. The number of H-pyrrole nitrogens is 1. The van der Waals surface area contributed by atoms with Crippen molar-refractivity contribution in [3.63, 3.8) is 0 Å². The molecule has 20 heavy (non-hydrogen) atoms. The zero-order valence-corrected chi connectivity index (χ0v) is 10.8. The van der Waals surface area contributed by atoms with Gasteiger partial charge in [0.1, 0.15) is 16.6 Å². The molecule has 2 heterocycles. The molecule has 1 aromatic carbocycles. The summed E-state index contributed by atoms with van der Waals surface area (Å²) in [5, 5.41) is 27.1. The Morgan fingerprint density at radius 3 is 2.95 bits per heavy atom. The molecule has 0 saturated heterocycles. The second-order valence-corrected chi connectivity index (χ2v) is 4.62. The number of nitrogens with zero attached hydrogens (tertiary/aromatic N) is 4. The molecule has 0 fully saturated rings. The molecule has 8 nitrogen and oxygen atoms in total. The van der Waals surface area contributed by atoms with Crippen molar-refractivity contribution in [2.75, 3.05) is 5.32 Å². The van der Waals surface area contributed by atoms with Crippen LogP contribution in [-0.2, 0) is 0 Å². The van der Waals surface area contributed by atoms with Crippen molar-refractivity contribution in [3.05, 3.63) is 35.5 Å². The largest absolute Gasteiger partial charge is 0.507 e. The summed E-state index contributed by atoms with van der Waals surface area (Å²) in [4.78, 5) is 16.0. The molecule has 0 saturated carbocycles. The molecule has 2 aromatic heterocycles. The number of amides is 1. The Balaban J connectivity index is 1.81. The Morgan fingerprint density at radius 2 is 2.20 bits per heavy atom. The maximum Gasteiger partial charge on any atom is 0.296 e. The van der Waals surface area contributed by atoms with Crippen molar-refractivity contribution in [1.82, 2.24) is 25.6 Å². The third-order valence-electron chi connectivity index (χ3n) is 2.44. The molecule has 0 spiro atoms. The zero-order chi connectivity index (χ0) is 13.9. The minimum Gasteiger partial charge on any atom is -0.507 e. The Hall–Kier alpha value is -2.81. The maximum atomic E-state index is 11.7. The van der Waals surface area contributed by atoms with Crippen molar-refractivity contribution in [2.45, 2.75) is 0 Å². The molecule has 0 unspecified atom stereocenters. The molecule has 0 aliphatic carbocycles. The number of thiazole rings is 1. The number of phenols is 1. The number of carbonyl (C=O) groups is 1. The monoisotopic (exact) mass is 288 g/mol. The van der Waals surface area contributed by atoms with Crippen LogP contribution in [0.4, 0.5) is 5.82 Å². The van der Waals surface area contributed by atoms with Gasteiger partial charge in [-0.25, -0.2) is 10.1 Å². The minimum atomic E-state index is -0.482. The lowest BCUT2D eigenvalue weighted by molar-refractivity contribution is 0.101. The molecular formula is C11H8N6O2S. The van der Waals surface area contributed by atoms with E-state index in [-0.39, 0.29) is 11.6 Å². The van der Waals surface area contributed by atoms with Crippen LogP contribution in [0.1, 0.15) is 10.6 Å². The van der Waals surface area contributed by atoms with Crippen molar-refractivity contribution in [3.8, 4) is 16.3 Å². The highest BCUT2D eigenvalue weighted by Crippen LogP contribution is 2.32. The number of rotatable bonds is 3. The molecule has 3 aromatic rings. The summed E-state index contributed by atoms with van der Waals surface area (Å²) in [6, 6.07) is 6.86. The van der Waals surface area contributed by atoms with E-state index < -0.39 is 5.91 Å². The summed E-state index contributed by atoms with van der Waals surface area (Å²) in [5.41, 5.74) is 0.610. The molecule has 100 valence electrons. The number of aromatic hydroxyl groups is 1. The molecule has 0 aliphatic heterocycles. The topological polar surface area (TPSA) is 117 Å². The lowest BCUT2D eigenvalue weighted by atomic mass is 10.2. The van der Waals surface area contributed by atoms with E-state index in [1.165, 1.54) is 11.3 Å². The molecule has 9 heteroatoms. The van der Waals surface area contributed by atoms with Crippen LogP contribution in [0.5, 0.6) is 5.75 Å². The lowest BCUT2D eigenvalue weighted by Gasteiger charge is -1.99. The Morgan fingerprint density at radius 1 is 1.35 bits per heavy atom. The van der Waals surface area contributed by atoms with Gasteiger partial charge >= 0.3 is 0 Å². The van der Waals surface area contributed by atoms with Gasteiger partial charge in [0.2, 0.25) is 5.82 Å². The Labute approximate surface area is 116 Å². The van der Waals surface area contributed by atoms with Gasteiger partial charge in [-0.3, -0.25) is 4.79 Å². The number of para-hydroxylation sites is 1. The van der Waals surface area contributed by atoms with Crippen LogP contribution in [-0.4, -0.2) is 36.6 Å². The number of anilines is 1. The van der Waals surface area contributed by atoms with E-state index in [2.05, 4.69) is 30.9 Å². The van der Waals surface area contributed by atoms with Crippen LogP contribution < -0.4 is 5.32 Å². The van der Waals surface area contributed by atoms with Gasteiger partial charge in [-0.05, 0) is 22.6 Å². The van der Waals surface area contributed by atoms with E-state index in [9.17, 15) is 9.90 Å². The van der Waals surface area contributed by atoms with Crippen LogP contribution in [0.2, 0.25) is 0 Å². The smallest absolute Gasteiger partial charge is 0.296 e. The number of carbonyl (C=O) groups excluding carboxylic acids is 1. The maximum absolute atomic E-state index is 11.7. The average molecular weight is 288 g/mol. The van der Waals surface area contributed by atoms with Crippen LogP contribution in [0.15, 0.2) is 29.6 Å². The Bertz CT molecular complexity index is 739. The van der Waals surface area contributed by atoms with Gasteiger partial charge in [0, 0.05) is 5.38 Å². The predicted molar refractivity (Wildman–Crippen MR) is 71.3 cm³/mol. The molecule has 3 N–H and O–H groups in total. The third kappa shape index (κ3) is 2.34. The quantitative estimate of drug-likeness (QED) is 0.668. The summed E-state index contributed by atoms with van der Waals surface area (Å²) in [6.45, 7) is 0. The highest BCUT2D eigenvalue weighted by molar-refractivity contribution is 7.13. The van der Waals surface area contributed by atoms with Crippen LogP contribution in [0.25, 0.3) is 10.6 Å². The molecule has 0 bridgehead atoms. The van der Waals surface area contributed by atoms with Crippen molar-refractivity contribution in [2.24, 2.45) is 0 Å². The predicted octanol–water partition coefficient (Wildman–Crippen LogP) is 1.28. The van der Waals surface area contributed by atoms with Crippen molar-refractivity contribution >= 4 is 23.1 Å². The van der Waals surface area contributed by atoms with Crippen LogP contribution in [0.3, 0.4) is 0 Å². The second kappa shape index (κ2) is 5.05. The minimum absolute atomic E-state index is 0.00195. The third-order valence-corrected chi connectivity index (χ3v) is 3.32. The number of hydrogen-bond acceptors (Lipinski definition) is 7. The summed E-state index contributed by atoms with van der Waals surface area (Å²) in [5.74, 6) is 0.0278. The number of tetrazole rings is 1. The second-order valence-electron chi connectivity index (χ2n) is 3.76. The van der Waals surface area contributed by atoms with E-state index in [1.54, 1.807) is 29.6 Å². The van der Waals surface area contributed by atoms with Gasteiger partial charge < -0.3 is 10.4 Å². The molecule has 0 radical (unpaired) electrons. The molecule has 3 rings (SSSR count). The highest BCUT2D eigenvalue weighted by Gasteiger charge is 2.13. The fraction of sp³-hybridized carbons (Fsp3) is 0. The van der Waals surface area contributed by atoms with Crippen molar-refractivity contribution in [1.29, 1.82) is 0 Å². The summed E-state index contributed by atoms with van der Waals surface area (Å²) in [7, 11) is 0.